The van der Waals surface area contributed by atoms with Gasteiger partial charge in [-0.15, -0.1) is 0 Å². The highest BCUT2D eigenvalue weighted by Crippen LogP contribution is 2.29. The number of halogens is 1. The minimum Gasteiger partial charge on any atom is -0.352 e. The smallest absolute Gasteiger partial charge is 0.345 e. The van der Waals surface area contributed by atoms with Gasteiger partial charge >= 0.3 is 6.03 Å². The maximum Gasteiger partial charge on any atom is 0.345 e. The van der Waals surface area contributed by atoms with Crippen LogP contribution in [0.4, 0.5) is 10.5 Å². The number of anilines is 1. The van der Waals surface area contributed by atoms with Crippen LogP contribution >= 0.6 is 15.9 Å². The van der Waals surface area contributed by atoms with Gasteiger partial charge in [0.05, 0.1) is 7.11 Å². The number of hydrogen-bond acceptors (Lipinski definition) is 4. The lowest BCUT2D eigenvalue weighted by atomic mass is 10.2. The second kappa shape index (κ2) is 7.44. The van der Waals surface area contributed by atoms with E-state index in [1.165, 1.54) is 14.2 Å². The van der Waals surface area contributed by atoms with E-state index in [2.05, 4.69) is 21.2 Å². The Balaban J connectivity index is 2.93. The molecular weight excluding hydrogens is 316 g/mol. The van der Waals surface area contributed by atoms with Crippen molar-refractivity contribution in [3.8, 4) is 0 Å². The fraction of sp³-hybridized carbons (Fsp3) is 0.417. The summed E-state index contributed by atoms with van der Waals surface area (Å²) in [5.74, 6) is 0. The van der Waals surface area contributed by atoms with Gasteiger partial charge in [0.25, 0.3) is 0 Å². The van der Waals surface area contributed by atoms with Gasteiger partial charge in [-0.25, -0.2) is 9.86 Å². The van der Waals surface area contributed by atoms with Gasteiger partial charge in [0.2, 0.25) is 0 Å². The van der Waals surface area contributed by atoms with Crippen LogP contribution in [0.1, 0.15) is 11.9 Å². The van der Waals surface area contributed by atoms with Crippen LogP contribution in [0.15, 0.2) is 22.7 Å². The molecule has 0 spiro atoms. The molecule has 106 valence electrons. The number of benzene rings is 1. The molecule has 0 radical (unpaired) electrons. The van der Waals surface area contributed by atoms with Gasteiger partial charge in [0.1, 0.15) is 0 Å². The van der Waals surface area contributed by atoms with E-state index in [4.69, 9.17) is 14.3 Å². The normalized spacial score (nSPS) is 10.6. The Labute approximate surface area is 120 Å². The fourth-order valence-corrected chi connectivity index (χ4v) is 1.87. The molecule has 0 aliphatic heterocycles. The number of hydroxylamine groups is 2. The van der Waals surface area contributed by atoms with Gasteiger partial charge in [-0.05, 0) is 18.2 Å². The van der Waals surface area contributed by atoms with E-state index in [9.17, 15) is 4.79 Å². The van der Waals surface area contributed by atoms with Gasteiger partial charge in [0, 0.05) is 37.0 Å². The van der Waals surface area contributed by atoms with E-state index in [0.717, 1.165) is 15.1 Å². The number of nitrogens with zero attached hydrogens (tertiary/aromatic N) is 1. The molecule has 0 fully saturated rings. The third-order valence-corrected chi connectivity index (χ3v) is 3.21. The molecule has 0 atom stereocenters. The van der Waals surface area contributed by atoms with Crippen molar-refractivity contribution in [2.75, 3.05) is 33.7 Å². The summed E-state index contributed by atoms with van der Waals surface area (Å²) in [6.07, 6.45) is -0.508. The minimum absolute atomic E-state index is 0.373. The van der Waals surface area contributed by atoms with E-state index < -0.39 is 6.29 Å². The predicted octanol–water partition coefficient (Wildman–Crippen LogP) is 2.77. The highest BCUT2D eigenvalue weighted by molar-refractivity contribution is 9.10. The fourth-order valence-electron chi connectivity index (χ4n) is 1.44. The molecule has 6 nitrogen and oxygen atoms in total. The molecule has 0 heterocycles. The number of ether oxygens (including phenoxy) is 2. The van der Waals surface area contributed by atoms with Crippen molar-refractivity contribution < 1.29 is 19.1 Å². The van der Waals surface area contributed by atoms with E-state index in [-0.39, 0.29) is 6.03 Å². The summed E-state index contributed by atoms with van der Waals surface area (Å²) in [5, 5.41) is 3.78. The summed E-state index contributed by atoms with van der Waals surface area (Å²) in [6, 6.07) is 4.96. The van der Waals surface area contributed by atoms with Gasteiger partial charge < -0.3 is 14.8 Å². The highest BCUT2D eigenvalue weighted by Gasteiger charge is 2.15. The maximum atomic E-state index is 11.7. The predicted molar refractivity (Wildman–Crippen MR) is 74.7 cm³/mol. The van der Waals surface area contributed by atoms with Crippen LogP contribution in [-0.2, 0) is 14.3 Å². The Morgan fingerprint density at radius 1 is 1.32 bits per heavy atom. The van der Waals surface area contributed by atoms with Crippen molar-refractivity contribution in [2.45, 2.75) is 6.29 Å². The SMILES string of the molecule is COC(OC)c1cc(NC(=O)N(C)OC)ccc1Br. The Bertz CT molecular complexity index is 438. The molecule has 1 rings (SSSR count). The Morgan fingerprint density at radius 2 is 1.95 bits per heavy atom. The molecule has 0 saturated heterocycles. The molecule has 0 aliphatic rings. The van der Waals surface area contributed by atoms with Crippen molar-refractivity contribution in [3.05, 3.63) is 28.2 Å². The standard InChI is InChI=1S/C12H17BrN2O4/c1-15(19-4)12(16)14-8-5-6-10(13)9(7-8)11(17-2)18-3/h5-7,11H,1-4H3,(H,14,16). The lowest BCUT2D eigenvalue weighted by molar-refractivity contribution is -0.106. The average Bonchev–Trinajstić information content (AvgIpc) is 2.42. The van der Waals surface area contributed by atoms with Crippen molar-refractivity contribution in [3.63, 3.8) is 0 Å². The summed E-state index contributed by atoms with van der Waals surface area (Å²) < 4.78 is 11.2. The summed E-state index contributed by atoms with van der Waals surface area (Å²) in [6.45, 7) is 0. The number of carbonyl (C=O) groups excluding carboxylic acids is 1. The first kappa shape index (κ1) is 15.9. The Morgan fingerprint density at radius 3 is 2.47 bits per heavy atom. The molecule has 0 aliphatic carbocycles. The zero-order valence-electron chi connectivity index (χ0n) is 11.3. The molecule has 0 aromatic heterocycles. The Kier molecular flexibility index (Phi) is 6.23. The second-order valence-corrected chi connectivity index (χ2v) is 4.50. The van der Waals surface area contributed by atoms with Crippen molar-refractivity contribution in [1.29, 1.82) is 0 Å². The summed E-state index contributed by atoms with van der Waals surface area (Å²) in [7, 11) is 6.02. The van der Waals surface area contributed by atoms with Crippen molar-refractivity contribution in [1.82, 2.24) is 5.06 Å². The second-order valence-electron chi connectivity index (χ2n) is 3.65. The molecule has 0 bridgehead atoms. The zero-order chi connectivity index (χ0) is 14.4. The van der Waals surface area contributed by atoms with E-state index >= 15 is 0 Å². The quantitative estimate of drug-likeness (QED) is 0.665. The van der Waals surface area contributed by atoms with Gasteiger partial charge in [-0.3, -0.25) is 4.84 Å². The number of hydrogen-bond donors (Lipinski definition) is 1. The van der Waals surface area contributed by atoms with Crippen LogP contribution in [0.3, 0.4) is 0 Å². The van der Waals surface area contributed by atoms with Crippen LogP contribution in [0.5, 0.6) is 0 Å². The lowest BCUT2D eigenvalue weighted by Gasteiger charge is -2.18. The number of carbonyl (C=O) groups is 1. The van der Waals surface area contributed by atoms with Crippen molar-refractivity contribution >= 4 is 27.6 Å². The van der Waals surface area contributed by atoms with Crippen LogP contribution in [0.2, 0.25) is 0 Å². The monoisotopic (exact) mass is 332 g/mol. The molecule has 19 heavy (non-hydrogen) atoms. The van der Waals surface area contributed by atoms with E-state index in [1.807, 2.05) is 6.07 Å². The third-order valence-electron chi connectivity index (χ3n) is 2.49. The summed E-state index contributed by atoms with van der Waals surface area (Å²) >= 11 is 3.41. The molecular formula is C12H17BrN2O4. The van der Waals surface area contributed by atoms with Crippen LogP contribution in [-0.4, -0.2) is 39.5 Å². The minimum atomic E-state index is -0.508. The zero-order valence-corrected chi connectivity index (χ0v) is 12.9. The molecule has 0 unspecified atom stereocenters. The van der Waals surface area contributed by atoms with E-state index in [0.29, 0.717) is 5.69 Å². The molecule has 1 N–H and O–H groups in total. The average molecular weight is 333 g/mol. The van der Waals surface area contributed by atoms with Gasteiger partial charge in [-0.1, -0.05) is 15.9 Å². The Hall–Kier alpha value is -1.15. The van der Waals surface area contributed by atoms with Crippen LogP contribution in [0.25, 0.3) is 0 Å². The number of methoxy groups -OCH3 is 2. The molecule has 7 heteroatoms. The largest absolute Gasteiger partial charge is 0.352 e. The summed E-state index contributed by atoms with van der Waals surface area (Å²) in [4.78, 5) is 16.5. The highest BCUT2D eigenvalue weighted by atomic mass is 79.9. The van der Waals surface area contributed by atoms with Crippen molar-refractivity contribution in [2.24, 2.45) is 0 Å². The number of amides is 2. The molecule has 1 aromatic rings. The first-order chi connectivity index (χ1) is 9.03. The number of rotatable bonds is 5. The lowest BCUT2D eigenvalue weighted by Crippen LogP contribution is -2.30. The molecule has 2 amide bonds. The first-order valence-corrected chi connectivity index (χ1v) is 6.26. The first-order valence-electron chi connectivity index (χ1n) is 5.47. The van der Waals surface area contributed by atoms with E-state index in [1.54, 1.807) is 26.4 Å². The van der Waals surface area contributed by atoms with Gasteiger partial charge in [-0.2, -0.15) is 0 Å². The number of nitrogens with one attached hydrogen (secondary N) is 1. The maximum absolute atomic E-state index is 11.7. The molecule has 0 saturated carbocycles. The van der Waals surface area contributed by atoms with Gasteiger partial charge in [0.15, 0.2) is 6.29 Å². The number of urea groups is 1. The third kappa shape index (κ3) is 4.17. The summed E-state index contributed by atoms with van der Waals surface area (Å²) in [5.41, 5.74) is 1.40. The molecule has 1 aromatic carbocycles. The topological polar surface area (TPSA) is 60.0 Å². The van der Waals surface area contributed by atoms with Crippen LogP contribution in [0, 0.1) is 0 Å². The van der Waals surface area contributed by atoms with Crippen LogP contribution < -0.4 is 5.32 Å².